The van der Waals surface area contributed by atoms with Crippen molar-refractivity contribution in [2.75, 3.05) is 26.2 Å². The van der Waals surface area contributed by atoms with Crippen LogP contribution in [0.25, 0.3) is 5.57 Å². The Balaban J connectivity index is 1.60. The number of amides is 1. The number of hydrogen-bond acceptors (Lipinski definition) is 2. The molecule has 2 unspecified atom stereocenters. The van der Waals surface area contributed by atoms with E-state index in [1.165, 1.54) is 17.6 Å². The average Bonchev–Trinajstić information content (AvgIpc) is 2.87. The van der Waals surface area contributed by atoms with Gasteiger partial charge in [0.15, 0.2) is 0 Å². The molecule has 2 saturated heterocycles. The van der Waals surface area contributed by atoms with Gasteiger partial charge < -0.3 is 4.90 Å². The fourth-order valence-corrected chi connectivity index (χ4v) is 3.80. The maximum Gasteiger partial charge on any atom is 0.222 e. The Morgan fingerprint density at radius 3 is 2.73 bits per heavy atom. The van der Waals surface area contributed by atoms with E-state index in [0.717, 1.165) is 26.2 Å². The van der Waals surface area contributed by atoms with Gasteiger partial charge in [-0.15, -0.1) is 0 Å². The van der Waals surface area contributed by atoms with Crippen molar-refractivity contribution in [3.8, 4) is 0 Å². The first-order valence-electron chi connectivity index (χ1n) is 8.41. The summed E-state index contributed by atoms with van der Waals surface area (Å²) in [4.78, 5) is 16.6. The van der Waals surface area contributed by atoms with Gasteiger partial charge >= 0.3 is 0 Å². The Bertz CT molecular complexity index is 552. The summed E-state index contributed by atoms with van der Waals surface area (Å²) in [6, 6.07) is 11.0. The second-order valence-corrected chi connectivity index (χ2v) is 6.63. The van der Waals surface area contributed by atoms with Gasteiger partial charge in [-0.05, 0) is 30.4 Å². The van der Waals surface area contributed by atoms with E-state index in [1.807, 2.05) is 6.92 Å². The molecule has 0 spiro atoms. The Hall–Kier alpha value is -1.61. The second-order valence-electron chi connectivity index (χ2n) is 6.63. The van der Waals surface area contributed by atoms with E-state index in [-0.39, 0.29) is 0 Å². The van der Waals surface area contributed by atoms with Crippen LogP contribution in [0.3, 0.4) is 0 Å². The third-order valence-corrected chi connectivity index (χ3v) is 4.99. The molecule has 2 aliphatic heterocycles. The predicted octanol–water partition coefficient (Wildman–Crippen LogP) is 3.03. The molecule has 2 heterocycles. The first kappa shape index (κ1) is 15.3. The quantitative estimate of drug-likeness (QED) is 0.853. The zero-order valence-electron chi connectivity index (χ0n) is 13.7. The Labute approximate surface area is 133 Å². The lowest BCUT2D eigenvalue weighted by Gasteiger charge is -2.32. The molecule has 0 saturated carbocycles. The Morgan fingerprint density at radius 2 is 2.00 bits per heavy atom. The van der Waals surface area contributed by atoms with E-state index >= 15 is 0 Å². The zero-order valence-corrected chi connectivity index (χ0v) is 13.7. The highest BCUT2D eigenvalue weighted by atomic mass is 16.2. The molecule has 2 bridgehead atoms. The summed E-state index contributed by atoms with van der Waals surface area (Å²) in [6.45, 7) is 8.26. The van der Waals surface area contributed by atoms with Crippen LogP contribution >= 0.6 is 0 Å². The van der Waals surface area contributed by atoms with E-state index in [0.29, 0.717) is 24.3 Å². The molecule has 1 aromatic carbocycles. The Kier molecular flexibility index (Phi) is 4.63. The molecular weight excluding hydrogens is 272 g/mol. The molecular formula is C19H26N2O. The molecule has 1 amide bonds. The minimum Gasteiger partial charge on any atom is -0.338 e. The highest BCUT2D eigenvalue weighted by Crippen LogP contribution is 2.30. The normalized spacial score (nSPS) is 25.5. The molecule has 0 radical (unpaired) electrons. The van der Waals surface area contributed by atoms with Gasteiger partial charge in [0, 0.05) is 38.6 Å². The zero-order chi connectivity index (χ0) is 15.5. The summed E-state index contributed by atoms with van der Waals surface area (Å²) in [5, 5.41) is 0. The number of piperidine rings is 1. The standard InChI is InChI=1S/C19H26N2O/c1-3-19(22)21-13-16-11-18(21)14-20(12-16)10-9-15(2)17-7-5-4-6-8-17/h4-9,16,18H,3,10-14H2,1-2H3/b15-9-. The lowest BCUT2D eigenvalue weighted by molar-refractivity contribution is -0.131. The van der Waals surface area contributed by atoms with Gasteiger partial charge in [0.05, 0.1) is 0 Å². The number of carbonyl (C=O) groups excluding carboxylic acids is 1. The second kappa shape index (κ2) is 6.66. The number of fused-ring (bicyclic) bond motifs is 2. The summed E-state index contributed by atoms with van der Waals surface area (Å²) < 4.78 is 0. The maximum absolute atomic E-state index is 12.0. The summed E-state index contributed by atoms with van der Waals surface area (Å²) in [6.07, 6.45) is 4.16. The minimum absolute atomic E-state index is 0.324. The number of allylic oxidation sites excluding steroid dienone is 1. The molecule has 2 atom stereocenters. The van der Waals surface area contributed by atoms with Crippen molar-refractivity contribution in [1.82, 2.24) is 9.80 Å². The molecule has 3 nitrogen and oxygen atoms in total. The van der Waals surface area contributed by atoms with Crippen LogP contribution in [0, 0.1) is 5.92 Å². The van der Waals surface area contributed by atoms with E-state index < -0.39 is 0 Å². The number of rotatable bonds is 4. The largest absolute Gasteiger partial charge is 0.338 e. The monoisotopic (exact) mass is 298 g/mol. The molecule has 2 fully saturated rings. The van der Waals surface area contributed by atoms with Gasteiger partial charge in [-0.25, -0.2) is 0 Å². The first-order valence-corrected chi connectivity index (χ1v) is 8.41. The van der Waals surface area contributed by atoms with Crippen LogP contribution in [0.15, 0.2) is 36.4 Å². The van der Waals surface area contributed by atoms with Crippen molar-refractivity contribution in [2.24, 2.45) is 5.92 Å². The van der Waals surface area contributed by atoms with Gasteiger partial charge in [0.1, 0.15) is 0 Å². The van der Waals surface area contributed by atoms with Crippen LogP contribution < -0.4 is 0 Å². The fraction of sp³-hybridized carbons (Fsp3) is 0.526. The van der Waals surface area contributed by atoms with Crippen molar-refractivity contribution >= 4 is 11.5 Å². The third kappa shape index (κ3) is 3.25. The molecule has 3 rings (SSSR count). The van der Waals surface area contributed by atoms with E-state index in [2.05, 4.69) is 53.1 Å². The van der Waals surface area contributed by atoms with Crippen LogP contribution in [-0.2, 0) is 4.79 Å². The lowest BCUT2D eigenvalue weighted by atomic mass is 9.99. The van der Waals surface area contributed by atoms with Gasteiger partial charge in [-0.1, -0.05) is 43.3 Å². The van der Waals surface area contributed by atoms with Gasteiger partial charge in [0.25, 0.3) is 0 Å². The molecule has 0 aromatic heterocycles. The van der Waals surface area contributed by atoms with Gasteiger partial charge in [0.2, 0.25) is 5.91 Å². The van der Waals surface area contributed by atoms with Gasteiger partial charge in [-0.2, -0.15) is 0 Å². The molecule has 1 aromatic rings. The number of carbonyl (C=O) groups is 1. The molecule has 22 heavy (non-hydrogen) atoms. The van der Waals surface area contributed by atoms with Crippen LogP contribution in [0.2, 0.25) is 0 Å². The number of nitrogens with zero attached hydrogens (tertiary/aromatic N) is 2. The Morgan fingerprint density at radius 1 is 1.23 bits per heavy atom. The first-order chi connectivity index (χ1) is 10.7. The van der Waals surface area contributed by atoms with Crippen LogP contribution in [0.1, 0.15) is 32.3 Å². The molecule has 3 heteroatoms. The van der Waals surface area contributed by atoms with E-state index in [4.69, 9.17) is 0 Å². The highest BCUT2D eigenvalue weighted by molar-refractivity contribution is 5.76. The molecule has 118 valence electrons. The fourth-order valence-electron chi connectivity index (χ4n) is 3.80. The molecule has 0 aliphatic carbocycles. The summed E-state index contributed by atoms with van der Waals surface area (Å²) in [5.41, 5.74) is 2.63. The van der Waals surface area contributed by atoms with Crippen molar-refractivity contribution < 1.29 is 4.79 Å². The van der Waals surface area contributed by atoms with E-state index in [9.17, 15) is 4.79 Å². The van der Waals surface area contributed by atoms with Crippen LogP contribution in [0.5, 0.6) is 0 Å². The molecule has 2 aliphatic rings. The van der Waals surface area contributed by atoms with Crippen molar-refractivity contribution in [1.29, 1.82) is 0 Å². The van der Waals surface area contributed by atoms with Crippen LogP contribution in [-0.4, -0.2) is 47.9 Å². The lowest BCUT2D eigenvalue weighted by Crippen LogP contribution is -2.43. The van der Waals surface area contributed by atoms with Crippen molar-refractivity contribution in [3.05, 3.63) is 42.0 Å². The smallest absolute Gasteiger partial charge is 0.222 e. The molecule has 0 N–H and O–H groups in total. The number of likely N-dealkylation sites (tertiary alicyclic amines) is 2. The topological polar surface area (TPSA) is 23.6 Å². The summed E-state index contributed by atoms with van der Waals surface area (Å²) >= 11 is 0. The van der Waals surface area contributed by atoms with Crippen LogP contribution in [0.4, 0.5) is 0 Å². The highest BCUT2D eigenvalue weighted by Gasteiger charge is 2.39. The summed E-state index contributed by atoms with van der Waals surface area (Å²) in [5.74, 6) is 0.991. The minimum atomic E-state index is 0.324. The average molecular weight is 298 g/mol. The van der Waals surface area contributed by atoms with Gasteiger partial charge in [-0.3, -0.25) is 9.69 Å². The third-order valence-electron chi connectivity index (χ3n) is 4.99. The van der Waals surface area contributed by atoms with Crippen molar-refractivity contribution in [3.63, 3.8) is 0 Å². The SMILES string of the molecule is CCC(=O)N1CC2CC1CN(C/C=C(/C)c1ccccc1)C2. The van der Waals surface area contributed by atoms with Crippen molar-refractivity contribution in [2.45, 2.75) is 32.7 Å². The van der Waals surface area contributed by atoms with E-state index in [1.54, 1.807) is 0 Å². The number of hydrogen-bond donors (Lipinski definition) is 0. The number of benzene rings is 1. The maximum atomic E-state index is 12.0. The predicted molar refractivity (Wildman–Crippen MR) is 90.4 cm³/mol. The summed E-state index contributed by atoms with van der Waals surface area (Å²) in [7, 11) is 0.